The topological polar surface area (TPSA) is 38.1 Å². The number of halogens is 1. The molecule has 0 unspecified atom stereocenters. The number of benzene rings is 3. The number of rotatable bonds is 2. The van der Waals surface area contributed by atoms with E-state index in [0.29, 0.717) is 29.6 Å². The third kappa shape index (κ3) is 4.11. The molecule has 0 N–H and O–H groups in total. The fraction of sp³-hybridized carbons (Fsp3) is 0.154. The third-order valence-electron chi connectivity index (χ3n) is 5.46. The van der Waals surface area contributed by atoms with E-state index in [9.17, 15) is 9.18 Å². The second kappa shape index (κ2) is 8.17. The van der Waals surface area contributed by atoms with Gasteiger partial charge in [-0.15, -0.1) is 0 Å². The molecule has 4 nitrogen and oxygen atoms in total. The normalized spacial score (nSPS) is 13.5. The van der Waals surface area contributed by atoms with Crippen molar-refractivity contribution < 1.29 is 4.39 Å². The molecule has 0 saturated carbocycles. The van der Waals surface area contributed by atoms with Crippen LogP contribution >= 0.6 is 0 Å². The van der Waals surface area contributed by atoms with E-state index in [0.717, 1.165) is 24.5 Å². The van der Waals surface area contributed by atoms with E-state index in [1.807, 2.05) is 30.3 Å². The number of hydrogen-bond acceptors (Lipinski definition) is 3. The molecule has 4 aromatic rings. The van der Waals surface area contributed by atoms with E-state index >= 15 is 0 Å². The van der Waals surface area contributed by atoms with E-state index in [2.05, 4.69) is 28.9 Å². The van der Waals surface area contributed by atoms with Crippen LogP contribution in [0.4, 0.5) is 4.39 Å². The highest BCUT2D eigenvalue weighted by molar-refractivity contribution is 5.79. The number of hydrogen-bond donors (Lipinski definition) is 0. The molecule has 31 heavy (non-hydrogen) atoms. The maximum Gasteiger partial charge on any atom is 0.261 e. The first-order valence-corrected chi connectivity index (χ1v) is 10.2. The highest BCUT2D eigenvalue weighted by atomic mass is 19.1. The summed E-state index contributed by atoms with van der Waals surface area (Å²) in [5, 5.41) is 0.594. The summed E-state index contributed by atoms with van der Waals surface area (Å²) >= 11 is 0. The Morgan fingerprint density at radius 3 is 2.52 bits per heavy atom. The molecule has 1 aromatic heterocycles. The molecule has 0 saturated heterocycles. The molecule has 0 spiro atoms. The summed E-state index contributed by atoms with van der Waals surface area (Å²) < 4.78 is 15.1. The smallest absolute Gasteiger partial charge is 0.261 e. The first-order chi connectivity index (χ1) is 15.2. The van der Waals surface area contributed by atoms with Crippen LogP contribution in [0.25, 0.3) is 10.9 Å². The quantitative estimate of drug-likeness (QED) is 0.471. The van der Waals surface area contributed by atoms with Gasteiger partial charge in [0.15, 0.2) is 0 Å². The van der Waals surface area contributed by atoms with E-state index in [4.69, 9.17) is 4.98 Å². The zero-order valence-electron chi connectivity index (χ0n) is 16.9. The molecular formula is C26H20FN3O. The van der Waals surface area contributed by atoms with Crippen LogP contribution in [-0.4, -0.2) is 21.0 Å². The lowest BCUT2D eigenvalue weighted by Gasteiger charge is -2.29. The van der Waals surface area contributed by atoms with Crippen molar-refractivity contribution in [1.82, 2.24) is 14.5 Å². The third-order valence-corrected chi connectivity index (χ3v) is 5.46. The largest absolute Gasteiger partial charge is 0.294 e. The SMILES string of the molecule is O=c1c2ccc(C#Cc3cccc(F)c3)cc2nc2n1CCN(Cc1ccccc1)C2. The van der Waals surface area contributed by atoms with Gasteiger partial charge in [-0.25, -0.2) is 9.37 Å². The average molecular weight is 409 g/mol. The zero-order chi connectivity index (χ0) is 21.2. The van der Waals surface area contributed by atoms with Crippen molar-refractivity contribution in [2.45, 2.75) is 19.6 Å². The predicted molar refractivity (Wildman–Crippen MR) is 119 cm³/mol. The second-order valence-corrected chi connectivity index (χ2v) is 7.67. The highest BCUT2D eigenvalue weighted by Gasteiger charge is 2.20. The molecule has 1 aliphatic heterocycles. The summed E-state index contributed by atoms with van der Waals surface area (Å²) in [6, 6.07) is 21.9. The van der Waals surface area contributed by atoms with Crippen molar-refractivity contribution in [3.05, 3.63) is 111 Å². The second-order valence-electron chi connectivity index (χ2n) is 7.67. The minimum Gasteiger partial charge on any atom is -0.294 e. The molecule has 0 amide bonds. The minimum atomic E-state index is -0.313. The summed E-state index contributed by atoms with van der Waals surface area (Å²) in [5.74, 6) is 6.47. The van der Waals surface area contributed by atoms with E-state index in [1.165, 1.54) is 17.7 Å². The molecular weight excluding hydrogens is 389 g/mol. The van der Waals surface area contributed by atoms with E-state index in [1.54, 1.807) is 22.8 Å². The molecule has 0 radical (unpaired) electrons. The number of fused-ring (bicyclic) bond motifs is 2. The van der Waals surface area contributed by atoms with Crippen molar-refractivity contribution in [2.75, 3.05) is 6.54 Å². The lowest BCUT2D eigenvalue weighted by molar-refractivity contribution is 0.204. The Morgan fingerprint density at radius 2 is 1.71 bits per heavy atom. The van der Waals surface area contributed by atoms with E-state index < -0.39 is 0 Å². The molecule has 3 aromatic carbocycles. The monoisotopic (exact) mass is 409 g/mol. The predicted octanol–water partition coefficient (Wildman–Crippen LogP) is 3.95. The van der Waals surface area contributed by atoms with Crippen molar-refractivity contribution in [3.8, 4) is 11.8 Å². The summed E-state index contributed by atoms with van der Waals surface area (Å²) in [5.41, 5.74) is 3.22. The molecule has 0 aliphatic carbocycles. The van der Waals surface area contributed by atoms with Gasteiger partial charge in [0.25, 0.3) is 5.56 Å². The first-order valence-electron chi connectivity index (χ1n) is 10.2. The fourth-order valence-electron chi connectivity index (χ4n) is 3.90. The molecule has 5 rings (SSSR count). The Hall–Kier alpha value is -3.75. The maximum absolute atomic E-state index is 13.4. The van der Waals surface area contributed by atoms with Crippen LogP contribution < -0.4 is 5.56 Å². The Kier molecular flexibility index (Phi) is 5.07. The minimum absolute atomic E-state index is 0.0102. The van der Waals surface area contributed by atoms with Crippen molar-refractivity contribution >= 4 is 10.9 Å². The lowest BCUT2D eigenvalue weighted by atomic mass is 10.1. The molecule has 0 bridgehead atoms. The van der Waals surface area contributed by atoms with Crippen LogP contribution in [0, 0.1) is 17.7 Å². The number of nitrogens with zero attached hydrogens (tertiary/aromatic N) is 3. The Bertz CT molecular complexity index is 1380. The van der Waals surface area contributed by atoms with Crippen LogP contribution in [0.1, 0.15) is 22.5 Å². The van der Waals surface area contributed by atoms with Gasteiger partial charge in [0, 0.05) is 30.8 Å². The molecule has 0 fully saturated rings. The Labute approximate surface area is 179 Å². The summed E-state index contributed by atoms with van der Waals surface area (Å²) in [6.07, 6.45) is 0. The van der Waals surface area contributed by atoms with Gasteiger partial charge in [0.2, 0.25) is 0 Å². The summed E-state index contributed by atoms with van der Waals surface area (Å²) in [7, 11) is 0. The standard InChI is InChI=1S/C26H20FN3O/c27-22-8-4-7-19(15-22)9-10-20-11-12-23-24(16-20)28-25-18-29(13-14-30(25)26(23)31)17-21-5-2-1-3-6-21/h1-8,11-12,15-16H,13-14,17-18H2. The van der Waals surface area contributed by atoms with Crippen LogP contribution in [0.2, 0.25) is 0 Å². The van der Waals surface area contributed by atoms with Crippen LogP contribution in [0.15, 0.2) is 77.6 Å². The highest BCUT2D eigenvalue weighted by Crippen LogP contribution is 2.17. The van der Waals surface area contributed by atoms with Crippen LogP contribution in [-0.2, 0) is 19.6 Å². The van der Waals surface area contributed by atoms with Crippen molar-refractivity contribution in [3.63, 3.8) is 0 Å². The van der Waals surface area contributed by atoms with Gasteiger partial charge in [0.1, 0.15) is 11.6 Å². The molecule has 1 aliphatic rings. The van der Waals surface area contributed by atoms with Crippen LogP contribution in [0.5, 0.6) is 0 Å². The van der Waals surface area contributed by atoms with Crippen molar-refractivity contribution in [1.29, 1.82) is 0 Å². The van der Waals surface area contributed by atoms with Gasteiger partial charge in [0.05, 0.1) is 17.4 Å². The van der Waals surface area contributed by atoms with Gasteiger partial charge < -0.3 is 0 Å². The zero-order valence-corrected chi connectivity index (χ0v) is 16.9. The molecule has 2 heterocycles. The molecule has 0 atom stereocenters. The summed E-state index contributed by atoms with van der Waals surface area (Å²) in [6.45, 7) is 2.89. The van der Waals surface area contributed by atoms with Gasteiger partial charge in [-0.1, -0.05) is 48.2 Å². The van der Waals surface area contributed by atoms with Crippen molar-refractivity contribution in [2.24, 2.45) is 0 Å². The first kappa shape index (κ1) is 19.2. The van der Waals surface area contributed by atoms with Gasteiger partial charge >= 0.3 is 0 Å². The Balaban J connectivity index is 1.45. The number of aromatic nitrogens is 2. The average Bonchev–Trinajstić information content (AvgIpc) is 2.78. The van der Waals surface area contributed by atoms with E-state index in [-0.39, 0.29) is 11.4 Å². The Morgan fingerprint density at radius 1 is 0.903 bits per heavy atom. The molecule has 5 heteroatoms. The van der Waals surface area contributed by atoms with Gasteiger partial charge in [-0.2, -0.15) is 0 Å². The fourth-order valence-corrected chi connectivity index (χ4v) is 3.90. The van der Waals surface area contributed by atoms with Gasteiger partial charge in [-0.3, -0.25) is 14.3 Å². The maximum atomic E-state index is 13.4. The van der Waals surface area contributed by atoms with Crippen LogP contribution in [0.3, 0.4) is 0 Å². The summed E-state index contributed by atoms with van der Waals surface area (Å²) in [4.78, 5) is 20.1. The van der Waals surface area contributed by atoms with Gasteiger partial charge in [-0.05, 0) is 42.0 Å². The molecule has 152 valence electrons. The lowest BCUT2D eigenvalue weighted by Crippen LogP contribution is -2.39.